The lowest BCUT2D eigenvalue weighted by Crippen LogP contribution is -2.14. The largest absolute Gasteiger partial charge is 0.378 e. The van der Waals surface area contributed by atoms with Gasteiger partial charge in [0.1, 0.15) is 0 Å². The number of benzene rings is 2. The molecule has 1 amide bonds. The van der Waals surface area contributed by atoms with Crippen LogP contribution in [0.4, 0.5) is 11.4 Å². The van der Waals surface area contributed by atoms with Gasteiger partial charge in [-0.1, -0.05) is 23.4 Å². The van der Waals surface area contributed by atoms with Gasteiger partial charge in [0.25, 0.3) is 5.91 Å². The molecule has 0 atom stereocenters. The minimum absolute atomic E-state index is 0.153. The zero-order chi connectivity index (χ0) is 17.8. The zero-order valence-electron chi connectivity index (χ0n) is 14.5. The zero-order valence-corrected chi connectivity index (χ0v) is 14.5. The van der Waals surface area contributed by atoms with Gasteiger partial charge in [-0.2, -0.15) is 4.98 Å². The maximum absolute atomic E-state index is 12.5. The second kappa shape index (κ2) is 7.17. The van der Waals surface area contributed by atoms with Gasteiger partial charge >= 0.3 is 0 Å². The second-order valence-electron chi connectivity index (χ2n) is 5.96. The lowest BCUT2D eigenvalue weighted by molar-refractivity contribution is 0.102. The first-order valence-electron chi connectivity index (χ1n) is 7.99. The van der Waals surface area contributed by atoms with Crippen LogP contribution in [0.5, 0.6) is 0 Å². The van der Waals surface area contributed by atoms with Crippen LogP contribution in [0.25, 0.3) is 0 Å². The third-order valence-electron chi connectivity index (χ3n) is 3.82. The van der Waals surface area contributed by atoms with Crippen molar-refractivity contribution in [2.45, 2.75) is 13.3 Å². The molecule has 0 aliphatic carbocycles. The topological polar surface area (TPSA) is 71.3 Å². The Kier molecular flexibility index (Phi) is 4.79. The smallest absolute Gasteiger partial charge is 0.255 e. The predicted molar refractivity (Wildman–Crippen MR) is 97.0 cm³/mol. The van der Waals surface area contributed by atoms with Crippen molar-refractivity contribution in [1.82, 2.24) is 10.1 Å². The Morgan fingerprint density at radius 3 is 2.48 bits per heavy atom. The van der Waals surface area contributed by atoms with Crippen molar-refractivity contribution in [2.24, 2.45) is 0 Å². The van der Waals surface area contributed by atoms with Crippen molar-refractivity contribution >= 4 is 17.3 Å². The summed E-state index contributed by atoms with van der Waals surface area (Å²) < 4.78 is 5.17. The molecule has 128 valence electrons. The van der Waals surface area contributed by atoms with E-state index < -0.39 is 0 Å². The number of anilines is 2. The number of nitrogens with zero attached hydrogens (tertiary/aromatic N) is 3. The molecular weight excluding hydrogens is 316 g/mol. The van der Waals surface area contributed by atoms with Crippen molar-refractivity contribution < 1.29 is 9.32 Å². The summed E-state index contributed by atoms with van der Waals surface area (Å²) >= 11 is 0. The van der Waals surface area contributed by atoms with E-state index in [2.05, 4.69) is 15.5 Å². The van der Waals surface area contributed by atoms with Crippen molar-refractivity contribution in [1.29, 1.82) is 0 Å². The number of amides is 1. The normalized spacial score (nSPS) is 10.5. The number of nitrogens with one attached hydrogen (secondary N) is 1. The fourth-order valence-electron chi connectivity index (χ4n) is 2.48. The molecule has 1 N–H and O–H groups in total. The Bertz CT molecular complexity index is 869. The Morgan fingerprint density at radius 1 is 1.12 bits per heavy atom. The van der Waals surface area contributed by atoms with Crippen molar-refractivity contribution in [3.63, 3.8) is 0 Å². The number of aromatic nitrogens is 2. The van der Waals surface area contributed by atoms with Crippen LogP contribution in [0.2, 0.25) is 0 Å². The van der Waals surface area contributed by atoms with Crippen LogP contribution in [0.15, 0.2) is 53.1 Å². The average Bonchev–Trinajstić information content (AvgIpc) is 3.01. The molecule has 0 saturated heterocycles. The fraction of sp³-hybridized carbons (Fsp3) is 0.211. The molecule has 0 bridgehead atoms. The van der Waals surface area contributed by atoms with E-state index in [9.17, 15) is 4.79 Å². The fourth-order valence-corrected chi connectivity index (χ4v) is 2.48. The SMILES string of the molecule is Cc1noc(Cc2ccccc2NC(=O)c2ccc(N(C)C)cc2)n1. The Labute approximate surface area is 146 Å². The first kappa shape index (κ1) is 16.7. The quantitative estimate of drug-likeness (QED) is 0.774. The van der Waals surface area contributed by atoms with Crippen LogP contribution in [-0.4, -0.2) is 30.1 Å². The minimum Gasteiger partial charge on any atom is -0.378 e. The van der Waals surface area contributed by atoms with Crippen LogP contribution in [0.1, 0.15) is 27.6 Å². The van der Waals surface area contributed by atoms with Crippen LogP contribution in [0.3, 0.4) is 0 Å². The number of hydrogen-bond acceptors (Lipinski definition) is 5. The molecular formula is C19H20N4O2. The van der Waals surface area contributed by atoms with E-state index in [0.717, 1.165) is 16.9 Å². The van der Waals surface area contributed by atoms with E-state index in [0.29, 0.717) is 23.7 Å². The molecule has 6 heteroatoms. The summed E-state index contributed by atoms with van der Waals surface area (Å²) in [4.78, 5) is 18.7. The number of para-hydroxylation sites is 1. The summed E-state index contributed by atoms with van der Waals surface area (Å²) in [6.45, 7) is 1.78. The summed E-state index contributed by atoms with van der Waals surface area (Å²) in [5.41, 5.74) is 3.31. The number of aryl methyl sites for hydroxylation is 1. The summed E-state index contributed by atoms with van der Waals surface area (Å²) in [5.74, 6) is 0.964. The van der Waals surface area contributed by atoms with Crippen molar-refractivity contribution in [3.8, 4) is 0 Å². The highest BCUT2D eigenvalue weighted by Gasteiger charge is 2.12. The predicted octanol–water partition coefficient (Wildman–Crippen LogP) is 3.29. The van der Waals surface area contributed by atoms with Crippen LogP contribution in [0, 0.1) is 6.92 Å². The molecule has 0 unspecified atom stereocenters. The molecule has 3 aromatic rings. The summed E-state index contributed by atoms with van der Waals surface area (Å²) in [5, 5.41) is 6.76. The minimum atomic E-state index is -0.153. The van der Waals surface area contributed by atoms with E-state index in [4.69, 9.17) is 4.52 Å². The monoisotopic (exact) mass is 336 g/mol. The van der Waals surface area contributed by atoms with Gasteiger partial charge in [0, 0.05) is 31.0 Å². The first-order chi connectivity index (χ1) is 12.0. The third kappa shape index (κ3) is 4.03. The Morgan fingerprint density at radius 2 is 1.84 bits per heavy atom. The molecule has 3 rings (SSSR count). The molecule has 0 aliphatic heterocycles. The van der Waals surface area contributed by atoms with Crippen LogP contribution >= 0.6 is 0 Å². The lowest BCUT2D eigenvalue weighted by Gasteiger charge is -2.13. The first-order valence-corrected chi connectivity index (χ1v) is 7.99. The van der Waals surface area contributed by atoms with Gasteiger partial charge in [0.15, 0.2) is 5.82 Å². The third-order valence-corrected chi connectivity index (χ3v) is 3.82. The highest BCUT2D eigenvalue weighted by molar-refractivity contribution is 6.04. The lowest BCUT2D eigenvalue weighted by atomic mass is 10.1. The molecule has 25 heavy (non-hydrogen) atoms. The molecule has 0 fully saturated rings. The molecule has 0 spiro atoms. The molecule has 6 nitrogen and oxygen atoms in total. The second-order valence-corrected chi connectivity index (χ2v) is 5.96. The molecule has 0 radical (unpaired) electrons. The van der Waals surface area contributed by atoms with Gasteiger partial charge in [-0.15, -0.1) is 0 Å². The van der Waals surface area contributed by atoms with E-state index in [1.165, 1.54) is 0 Å². The molecule has 0 saturated carbocycles. The van der Waals surface area contributed by atoms with Gasteiger partial charge in [0.05, 0.1) is 6.42 Å². The van der Waals surface area contributed by atoms with E-state index in [-0.39, 0.29) is 5.91 Å². The number of carbonyl (C=O) groups excluding carboxylic acids is 1. The van der Waals surface area contributed by atoms with Gasteiger partial charge in [-0.3, -0.25) is 4.79 Å². The van der Waals surface area contributed by atoms with Crippen LogP contribution < -0.4 is 10.2 Å². The summed E-state index contributed by atoms with van der Waals surface area (Å²) in [6, 6.07) is 15.1. The molecule has 2 aromatic carbocycles. The van der Waals surface area contributed by atoms with Gasteiger partial charge in [-0.05, 0) is 42.8 Å². The standard InChI is InChI=1S/C19H20N4O2/c1-13-20-18(25-22-13)12-15-6-4-5-7-17(15)21-19(24)14-8-10-16(11-9-14)23(2)3/h4-11H,12H2,1-3H3,(H,21,24). The summed E-state index contributed by atoms with van der Waals surface area (Å²) in [6.07, 6.45) is 0.469. The maximum atomic E-state index is 12.5. The highest BCUT2D eigenvalue weighted by Crippen LogP contribution is 2.20. The molecule has 1 aromatic heterocycles. The van der Waals surface area contributed by atoms with Crippen molar-refractivity contribution in [2.75, 3.05) is 24.3 Å². The molecule has 1 heterocycles. The van der Waals surface area contributed by atoms with E-state index in [1.807, 2.05) is 67.5 Å². The van der Waals surface area contributed by atoms with Gasteiger partial charge in [0.2, 0.25) is 5.89 Å². The van der Waals surface area contributed by atoms with Gasteiger partial charge < -0.3 is 14.7 Å². The number of rotatable bonds is 5. The Hall–Kier alpha value is -3.15. The van der Waals surface area contributed by atoms with E-state index in [1.54, 1.807) is 6.92 Å². The Balaban J connectivity index is 1.77. The highest BCUT2D eigenvalue weighted by atomic mass is 16.5. The maximum Gasteiger partial charge on any atom is 0.255 e. The number of carbonyl (C=O) groups is 1. The summed E-state index contributed by atoms with van der Waals surface area (Å²) in [7, 11) is 3.93. The number of hydrogen-bond donors (Lipinski definition) is 1. The van der Waals surface area contributed by atoms with Gasteiger partial charge in [-0.25, -0.2) is 0 Å². The average molecular weight is 336 g/mol. The van der Waals surface area contributed by atoms with Crippen molar-refractivity contribution in [3.05, 3.63) is 71.4 Å². The van der Waals surface area contributed by atoms with E-state index >= 15 is 0 Å². The van der Waals surface area contributed by atoms with Crippen LogP contribution in [-0.2, 0) is 6.42 Å². The molecule has 0 aliphatic rings.